The maximum atomic E-state index is 11.9. The van der Waals surface area contributed by atoms with E-state index < -0.39 is 29.6 Å². The second kappa shape index (κ2) is 7.66. The number of hydrogen-bond donors (Lipinski definition) is 2. The van der Waals surface area contributed by atoms with Crippen LogP contribution in [0.1, 0.15) is 32.8 Å². The van der Waals surface area contributed by atoms with Gasteiger partial charge in [0.1, 0.15) is 5.60 Å². The third kappa shape index (κ3) is 5.53. The number of carboxylic acid groups (broad SMARTS) is 1. The predicted octanol–water partition coefficient (Wildman–Crippen LogP) is 2.49. The minimum Gasteiger partial charge on any atom is -0.481 e. The van der Waals surface area contributed by atoms with Gasteiger partial charge >= 0.3 is 12.1 Å². The fraction of sp³-hybridized carbons (Fsp3) is 0.556. The van der Waals surface area contributed by atoms with Crippen LogP contribution in [0.3, 0.4) is 0 Å². The maximum absolute atomic E-state index is 11.9. The molecule has 1 aromatic carbocycles. The molecule has 1 aromatic rings. The van der Waals surface area contributed by atoms with Gasteiger partial charge in [0.15, 0.2) is 0 Å². The lowest BCUT2D eigenvalue weighted by molar-refractivity contribution is -0.144. The monoisotopic (exact) mass is 334 g/mol. The Morgan fingerprint density at radius 1 is 1.29 bits per heavy atom. The van der Waals surface area contributed by atoms with Crippen LogP contribution in [-0.2, 0) is 16.1 Å². The summed E-state index contributed by atoms with van der Waals surface area (Å²) in [6, 6.07) is 9.55. The highest BCUT2D eigenvalue weighted by atomic mass is 16.6. The van der Waals surface area contributed by atoms with Crippen LogP contribution >= 0.6 is 0 Å². The lowest BCUT2D eigenvalue weighted by Gasteiger charge is -2.37. The Hall–Kier alpha value is -2.08. The number of aliphatic carboxylic acids is 1. The van der Waals surface area contributed by atoms with Gasteiger partial charge in [-0.15, -0.1) is 0 Å². The Bertz CT molecular complexity index is 568. The van der Waals surface area contributed by atoms with Crippen molar-refractivity contribution >= 4 is 12.1 Å². The van der Waals surface area contributed by atoms with Crippen LogP contribution in [0.15, 0.2) is 30.3 Å². The first-order valence-electron chi connectivity index (χ1n) is 8.23. The van der Waals surface area contributed by atoms with Gasteiger partial charge in [-0.3, -0.25) is 9.69 Å². The zero-order valence-corrected chi connectivity index (χ0v) is 14.5. The number of amides is 1. The molecule has 2 N–H and O–H groups in total. The van der Waals surface area contributed by atoms with Gasteiger partial charge in [-0.2, -0.15) is 0 Å². The zero-order chi connectivity index (χ0) is 17.7. The molecular formula is C18H26N2O4. The standard InChI is InChI=1S/C18H26N2O4/c1-18(2,3)24-17(23)19-15-9-10-20(12-14(15)16(21)22)11-13-7-5-4-6-8-13/h4-8,14-15H,9-12H2,1-3H3,(H,19,23)(H,21,22)/t14-,15-/m1/s1. The summed E-state index contributed by atoms with van der Waals surface area (Å²) in [7, 11) is 0. The molecule has 2 atom stereocenters. The van der Waals surface area contributed by atoms with Crippen molar-refractivity contribution in [3.05, 3.63) is 35.9 Å². The molecule has 1 aliphatic rings. The molecule has 0 aliphatic carbocycles. The van der Waals surface area contributed by atoms with Crippen molar-refractivity contribution < 1.29 is 19.4 Å². The third-order valence-corrected chi connectivity index (χ3v) is 3.97. The average Bonchev–Trinajstić information content (AvgIpc) is 2.47. The van der Waals surface area contributed by atoms with Crippen LogP contribution in [0.25, 0.3) is 0 Å². The van der Waals surface area contributed by atoms with Gasteiger partial charge in [0.25, 0.3) is 0 Å². The smallest absolute Gasteiger partial charge is 0.407 e. The van der Waals surface area contributed by atoms with Crippen molar-refractivity contribution in [3.63, 3.8) is 0 Å². The molecule has 0 aromatic heterocycles. The molecule has 1 heterocycles. The molecule has 1 aliphatic heterocycles. The predicted molar refractivity (Wildman–Crippen MR) is 90.6 cm³/mol. The number of ether oxygens (including phenoxy) is 1. The van der Waals surface area contributed by atoms with E-state index in [1.807, 2.05) is 30.3 Å². The molecule has 2 rings (SSSR count). The number of nitrogens with one attached hydrogen (secondary N) is 1. The molecule has 6 nitrogen and oxygen atoms in total. The summed E-state index contributed by atoms with van der Waals surface area (Å²) in [5, 5.41) is 12.2. The van der Waals surface area contributed by atoms with Crippen molar-refractivity contribution in [2.45, 2.75) is 45.4 Å². The molecule has 0 spiro atoms. The van der Waals surface area contributed by atoms with Gasteiger partial charge < -0.3 is 15.2 Å². The normalized spacial score (nSPS) is 22.0. The number of nitrogens with zero attached hydrogens (tertiary/aromatic N) is 1. The number of carboxylic acids is 1. The van der Waals surface area contributed by atoms with E-state index in [-0.39, 0.29) is 0 Å². The van der Waals surface area contributed by atoms with E-state index in [2.05, 4.69) is 10.2 Å². The number of carbonyl (C=O) groups is 2. The molecule has 6 heteroatoms. The highest BCUT2D eigenvalue weighted by Gasteiger charge is 2.36. The molecule has 0 radical (unpaired) electrons. The topological polar surface area (TPSA) is 78.9 Å². The molecule has 0 saturated carbocycles. The van der Waals surface area contributed by atoms with Crippen LogP contribution in [0.4, 0.5) is 4.79 Å². The summed E-state index contributed by atoms with van der Waals surface area (Å²) in [5.74, 6) is -1.54. The number of likely N-dealkylation sites (tertiary alicyclic amines) is 1. The van der Waals surface area contributed by atoms with E-state index >= 15 is 0 Å². The zero-order valence-electron chi connectivity index (χ0n) is 14.5. The van der Waals surface area contributed by atoms with Gasteiger partial charge in [-0.05, 0) is 32.8 Å². The van der Waals surface area contributed by atoms with E-state index in [9.17, 15) is 14.7 Å². The van der Waals surface area contributed by atoms with Gasteiger partial charge in [0.05, 0.1) is 5.92 Å². The van der Waals surface area contributed by atoms with Crippen molar-refractivity contribution in [2.24, 2.45) is 5.92 Å². The molecular weight excluding hydrogens is 308 g/mol. The number of rotatable bonds is 4. The minimum atomic E-state index is -0.895. The Kier molecular flexibility index (Phi) is 5.83. The van der Waals surface area contributed by atoms with Crippen LogP contribution < -0.4 is 5.32 Å². The fourth-order valence-electron chi connectivity index (χ4n) is 2.89. The van der Waals surface area contributed by atoms with Crippen molar-refractivity contribution in [2.75, 3.05) is 13.1 Å². The summed E-state index contributed by atoms with van der Waals surface area (Å²) in [6.45, 7) is 7.20. The molecule has 1 saturated heterocycles. The first-order chi connectivity index (χ1) is 11.2. The number of carbonyl (C=O) groups excluding carboxylic acids is 1. The van der Waals surface area contributed by atoms with Gasteiger partial charge in [0.2, 0.25) is 0 Å². The second-order valence-corrected chi connectivity index (χ2v) is 7.21. The Labute approximate surface area is 142 Å². The lowest BCUT2D eigenvalue weighted by atomic mass is 9.92. The van der Waals surface area contributed by atoms with Gasteiger partial charge in [-0.1, -0.05) is 30.3 Å². The van der Waals surface area contributed by atoms with Crippen molar-refractivity contribution in [1.29, 1.82) is 0 Å². The Morgan fingerprint density at radius 3 is 2.54 bits per heavy atom. The summed E-state index contributed by atoms with van der Waals surface area (Å²) in [5.41, 5.74) is 0.553. The molecule has 1 amide bonds. The largest absolute Gasteiger partial charge is 0.481 e. The number of hydrogen-bond acceptors (Lipinski definition) is 4. The van der Waals surface area contributed by atoms with Crippen molar-refractivity contribution in [3.8, 4) is 0 Å². The minimum absolute atomic E-state index is 0.407. The summed E-state index contributed by atoms with van der Waals surface area (Å²) < 4.78 is 5.23. The summed E-state index contributed by atoms with van der Waals surface area (Å²) in [4.78, 5) is 25.7. The van der Waals surface area contributed by atoms with Crippen LogP contribution in [0, 0.1) is 5.92 Å². The average molecular weight is 334 g/mol. The Morgan fingerprint density at radius 2 is 1.96 bits per heavy atom. The highest BCUT2D eigenvalue weighted by molar-refractivity contribution is 5.74. The third-order valence-electron chi connectivity index (χ3n) is 3.97. The van der Waals surface area contributed by atoms with E-state index in [1.54, 1.807) is 20.8 Å². The molecule has 0 bridgehead atoms. The van der Waals surface area contributed by atoms with Crippen LogP contribution in [-0.4, -0.2) is 46.8 Å². The summed E-state index contributed by atoms with van der Waals surface area (Å²) in [6.07, 6.45) is 0.0264. The first kappa shape index (κ1) is 18.3. The molecule has 24 heavy (non-hydrogen) atoms. The van der Waals surface area contributed by atoms with Crippen LogP contribution in [0.5, 0.6) is 0 Å². The number of piperidine rings is 1. The van der Waals surface area contributed by atoms with Gasteiger partial charge in [-0.25, -0.2) is 4.79 Å². The Balaban J connectivity index is 1.95. The van der Waals surface area contributed by atoms with Crippen LogP contribution in [0.2, 0.25) is 0 Å². The SMILES string of the molecule is CC(C)(C)OC(=O)N[C@@H]1CCN(Cc2ccccc2)C[C@H]1C(=O)O. The lowest BCUT2D eigenvalue weighted by Crippen LogP contribution is -2.54. The first-order valence-corrected chi connectivity index (χ1v) is 8.23. The molecule has 1 fully saturated rings. The van der Waals surface area contributed by atoms with Gasteiger partial charge in [0, 0.05) is 25.7 Å². The van der Waals surface area contributed by atoms with E-state index in [0.29, 0.717) is 19.5 Å². The number of benzene rings is 1. The number of alkyl carbamates (subject to hydrolysis) is 1. The quantitative estimate of drug-likeness (QED) is 0.884. The summed E-state index contributed by atoms with van der Waals surface area (Å²) >= 11 is 0. The second-order valence-electron chi connectivity index (χ2n) is 7.21. The van der Waals surface area contributed by atoms with E-state index in [4.69, 9.17) is 4.74 Å². The molecule has 132 valence electrons. The van der Waals surface area contributed by atoms with E-state index in [0.717, 1.165) is 12.1 Å². The molecule has 0 unspecified atom stereocenters. The highest BCUT2D eigenvalue weighted by Crippen LogP contribution is 2.20. The maximum Gasteiger partial charge on any atom is 0.407 e. The van der Waals surface area contributed by atoms with E-state index in [1.165, 1.54) is 0 Å². The fourth-order valence-corrected chi connectivity index (χ4v) is 2.89. The van der Waals surface area contributed by atoms with Crippen molar-refractivity contribution in [1.82, 2.24) is 10.2 Å².